The number of rotatable bonds is 4. The molecule has 242 valence electrons. The van der Waals surface area contributed by atoms with Crippen molar-refractivity contribution in [3.8, 4) is 5.75 Å². The summed E-state index contributed by atoms with van der Waals surface area (Å²) >= 11 is 6.22. The van der Waals surface area contributed by atoms with Crippen molar-refractivity contribution < 1.29 is 37.5 Å². The number of nitrogens with zero attached hydrogens (tertiary/aromatic N) is 4. The monoisotopic (exact) mass is 664 g/mol. The van der Waals surface area contributed by atoms with Gasteiger partial charge >= 0.3 is 6.18 Å². The number of hydrogen-bond acceptors (Lipinski definition) is 7. The molecule has 13 heteroatoms. The summed E-state index contributed by atoms with van der Waals surface area (Å²) < 4.78 is 40.5. The van der Waals surface area contributed by atoms with Gasteiger partial charge in [-0.25, -0.2) is 9.88 Å². The molecule has 3 heterocycles. The van der Waals surface area contributed by atoms with Gasteiger partial charge in [0.15, 0.2) is 5.82 Å². The number of phenols is 1. The molecule has 7 rings (SSSR count). The Kier molecular flexibility index (Phi) is 7.01. The van der Waals surface area contributed by atoms with E-state index >= 15 is 0 Å². The zero-order valence-electron chi connectivity index (χ0n) is 25.1. The van der Waals surface area contributed by atoms with Gasteiger partial charge in [-0.1, -0.05) is 53.6 Å². The lowest BCUT2D eigenvalue weighted by molar-refractivity contribution is -0.141. The van der Waals surface area contributed by atoms with Crippen LogP contribution in [0.2, 0.25) is 5.02 Å². The van der Waals surface area contributed by atoms with Crippen molar-refractivity contribution >= 4 is 46.7 Å². The number of halogens is 4. The predicted molar refractivity (Wildman–Crippen MR) is 164 cm³/mol. The third kappa shape index (κ3) is 4.48. The van der Waals surface area contributed by atoms with Gasteiger partial charge < -0.3 is 5.11 Å². The molecule has 0 spiro atoms. The molecule has 1 N–H and O–H groups in total. The van der Waals surface area contributed by atoms with Crippen LogP contribution < -0.4 is 9.91 Å². The number of para-hydroxylation sites is 1. The highest BCUT2D eigenvalue weighted by atomic mass is 35.5. The van der Waals surface area contributed by atoms with E-state index in [2.05, 4.69) is 4.98 Å². The van der Waals surface area contributed by atoms with Gasteiger partial charge in [-0.05, 0) is 67.6 Å². The van der Waals surface area contributed by atoms with Crippen molar-refractivity contribution in [1.82, 2.24) is 9.99 Å². The van der Waals surface area contributed by atoms with E-state index in [1.165, 1.54) is 24.1 Å². The molecule has 4 amide bonds. The number of aromatic nitrogens is 1. The number of carbonyl (C=O) groups is 4. The van der Waals surface area contributed by atoms with Crippen LogP contribution in [0.1, 0.15) is 36.9 Å². The Labute approximate surface area is 272 Å². The van der Waals surface area contributed by atoms with E-state index in [4.69, 9.17) is 11.6 Å². The average Bonchev–Trinajstić information content (AvgIpc) is 3.40. The van der Waals surface area contributed by atoms with Crippen LogP contribution in [0.15, 0.2) is 78.4 Å². The molecule has 0 unspecified atom stereocenters. The molecule has 4 aliphatic rings. The summed E-state index contributed by atoms with van der Waals surface area (Å²) in [6, 6.07) is 16.6. The summed E-state index contributed by atoms with van der Waals surface area (Å²) in [5, 5.41) is 11.6. The first kappa shape index (κ1) is 30.9. The quantitative estimate of drug-likeness (QED) is 0.280. The van der Waals surface area contributed by atoms with Crippen molar-refractivity contribution in [2.24, 2.45) is 29.1 Å². The second kappa shape index (κ2) is 10.7. The summed E-state index contributed by atoms with van der Waals surface area (Å²) in [4.78, 5) is 61.4. The number of aromatic hydroxyl groups is 1. The molecule has 2 saturated heterocycles. The minimum atomic E-state index is -4.79. The van der Waals surface area contributed by atoms with Crippen LogP contribution >= 0.6 is 11.6 Å². The Morgan fingerprint density at radius 3 is 2.28 bits per heavy atom. The van der Waals surface area contributed by atoms with Crippen molar-refractivity contribution in [2.45, 2.75) is 31.9 Å². The largest absolute Gasteiger partial charge is 0.508 e. The maximum Gasteiger partial charge on any atom is 0.433 e. The lowest BCUT2D eigenvalue weighted by Crippen LogP contribution is -2.49. The Morgan fingerprint density at radius 1 is 0.936 bits per heavy atom. The fourth-order valence-corrected chi connectivity index (χ4v) is 8.30. The maximum atomic E-state index is 14.4. The molecule has 1 aromatic heterocycles. The molecule has 3 fully saturated rings. The van der Waals surface area contributed by atoms with Crippen LogP contribution in [0.5, 0.6) is 5.75 Å². The van der Waals surface area contributed by atoms with E-state index in [1.807, 2.05) is 6.08 Å². The van der Waals surface area contributed by atoms with E-state index in [0.29, 0.717) is 17.3 Å². The number of hydrazine groups is 1. The molecule has 9 nitrogen and oxygen atoms in total. The van der Waals surface area contributed by atoms with Gasteiger partial charge in [-0.2, -0.15) is 18.2 Å². The van der Waals surface area contributed by atoms with Crippen LogP contribution in [0.25, 0.3) is 0 Å². The zero-order chi connectivity index (χ0) is 33.6. The first-order chi connectivity index (χ1) is 22.2. The van der Waals surface area contributed by atoms with Crippen molar-refractivity contribution in [2.75, 3.05) is 17.0 Å². The van der Waals surface area contributed by atoms with E-state index in [0.717, 1.165) is 21.7 Å². The molecular weight excluding hydrogens is 637 g/mol. The van der Waals surface area contributed by atoms with E-state index in [9.17, 15) is 37.5 Å². The Bertz CT molecular complexity index is 1870. The SMILES string of the molecule is CN(c1nc(C(F)(F)F)ccc1Cl)N1C(=O)[C@H]2[C@H](CC=C3[C@H]2C[C@H]2C(=O)N(c4ccccc4)C(=O)[C@@]2(C)[C@H]3c2ccc(O)cc2)C1=O. The standard InChI is InChI=1S/C34H28ClF3N4O5/c1-33-23(30(45)41(32(33)47)18-6-4-3-5-7-18)16-22-20(27(33)17-8-10-19(43)11-9-17)12-13-21-26(22)31(46)42(29(21)44)40(2)28-24(35)14-15-25(39-28)34(36,37)38/h3-12,14-15,21-23,26-27,43H,13,16H2,1-2H3/t21-,22+,23-,26-,27-,33+/m0/s1. The number of pyridine rings is 1. The summed E-state index contributed by atoms with van der Waals surface area (Å²) in [7, 11) is 1.25. The lowest BCUT2D eigenvalue weighted by Gasteiger charge is -2.49. The summed E-state index contributed by atoms with van der Waals surface area (Å²) in [6.07, 6.45) is -2.69. The molecule has 3 aromatic rings. The van der Waals surface area contributed by atoms with Gasteiger partial charge in [0.05, 0.1) is 33.9 Å². The zero-order valence-corrected chi connectivity index (χ0v) is 25.9. The summed E-state index contributed by atoms with van der Waals surface area (Å²) in [5.41, 5.74) is -0.682. The molecule has 2 aliphatic carbocycles. The second-order valence-electron chi connectivity index (χ2n) is 12.6. The number of benzene rings is 2. The van der Waals surface area contributed by atoms with E-state index < -0.39 is 76.3 Å². The molecule has 0 bridgehead atoms. The molecule has 2 aromatic carbocycles. The average molecular weight is 665 g/mol. The molecule has 47 heavy (non-hydrogen) atoms. The highest BCUT2D eigenvalue weighted by molar-refractivity contribution is 6.33. The van der Waals surface area contributed by atoms with Gasteiger partial charge in [0.2, 0.25) is 11.8 Å². The van der Waals surface area contributed by atoms with Gasteiger partial charge in [-0.15, -0.1) is 0 Å². The van der Waals surface area contributed by atoms with Gasteiger partial charge in [-0.3, -0.25) is 24.2 Å². The molecule has 6 atom stereocenters. The third-order valence-electron chi connectivity index (χ3n) is 10.2. The van der Waals surface area contributed by atoms with Crippen molar-refractivity contribution in [3.63, 3.8) is 0 Å². The topological polar surface area (TPSA) is 111 Å². The minimum absolute atomic E-state index is 0.0114. The number of allylic oxidation sites excluding steroid dienone is 2. The third-order valence-corrected chi connectivity index (χ3v) is 10.5. The fourth-order valence-electron chi connectivity index (χ4n) is 8.08. The molecule has 1 saturated carbocycles. The second-order valence-corrected chi connectivity index (χ2v) is 13.0. The van der Waals surface area contributed by atoms with Crippen LogP contribution in [0, 0.1) is 29.1 Å². The molecule has 0 radical (unpaired) electrons. The number of carbonyl (C=O) groups excluding carboxylic acids is 4. The number of phenolic OH excluding ortho intramolecular Hbond substituents is 1. The van der Waals surface area contributed by atoms with Gasteiger partial charge in [0.25, 0.3) is 11.8 Å². The number of hydrogen-bond donors (Lipinski definition) is 1. The number of imide groups is 2. The summed E-state index contributed by atoms with van der Waals surface area (Å²) in [6.45, 7) is 1.75. The Morgan fingerprint density at radius 2 is 1.62 bits per heavy atom. The highest BCUT2D eigenvalue weighted by Crippen LogP contribution is 2.63. The predicted octanol–water partition coefficient (Wildman–Crippen LogP) is 5.74. The normalized spacial score (nSPS) is 28.6. The number of anilines is 2. The maximum absolute atomic E-state index is 14.4. The number of fused-ring (bicyclic) bond motifs is 4. The first-order valence-corrected chi connectivity index (χ1v) is 15.4. The van der Waals surface area contributed by atoms with Crippen molar-refractivity contribution in [3.05, 3.63) is 94.7 Å². The Balaban J connectivity index is 1.31. The van der Waals surface area contributed by atoms with Gasteiger partial charge in [0, 0.05) is 13.0 Å². The number of alkyl halides is 3. The fraction of sp³-hybridized carbons (Fsp3) is 0.324. The lowest BCUT2D eigenvalue weighted by atomic mass is 9.51. The van der Waals surface area contributed by atoms with E-state index in [-0.39, 0.29) is 23.6 Å². The molecule has 2 aliphatic heterocycles. The van der Waals surface area contributed by atoms with Crippen LogP contribution in [0.3, 0.4) is 0 Å². The highest BCUT2D eigenvalue weighted by Gasteiger charge is 2.68. The van der Waals surface area contributed by atoms with Crippen LogP contribution in [-0.4, -0.2) is 45.8 Å². The van der Waals surface area contributed by atoms with E-state index in [1.54, 1.807) is 49.4 Å². The van der Waals surface area contributed by atoms with Gasteiger partial charge in [0.1, 0.15) is 11.4 Å². The van der Waals surface area contributed by atoms with Crippen molar-refractivity contribution in [1.29, 1.82) is 0 Å². The van der Waals surface area contributed by atoms with Crippen LogP contribution in [0.4, 0.5) is 24.7 Å². The first-order valence-electron chi connectivity index (χ1n) is 15.0. The minimum Gasteiger partial charge on any atom is -0.508 e. The summed E-state index contributed by atoms with van der Waals surface area (Å²) in [5.74, 6) is -6.47. The molecular formula is C34H28ClF3N4O5. The smallest absolute Gasteiger partial charge is 0.433 e. The number of amides is 4. The Hall–Kier alpha value is -4.71. The van der Waals surface area contributed by atoms with Crippen LogP contribution in [-0.2, 0) is 25.4 Å².